The van der Waals surface area contributed by atoms with E-state index in [0.29, 0.717) is 6.61 Å². The first-order valence-corrected chi connectivity index (χ1v) is 7.62. The van der Waals surface area contributed by atoms with Crippen molar-refractivity contribution in [2.45, 2.75) is 26.5 Å². The maximum Gasteiger partial charge on any atom is 0.122 e. The first-order valence-electron chi connectivity index (χ1n) is 6.82. The van der Waals surface area contributed by atoms with Gasteiger partial charge >= 0.3 is 0 Å². The van der Waals surface area contributed by atoms with Crippen molar-refractivity contribution in [1.29, 1.82) is 0 Å². The molecule has 0 saturated carbocycles. The summed E-state index contributed by atoms with van der Waals surface area (Å²) in [5, 5.41) is 0. The molecule has 2 N–H and O–H groups in total. The van der Waals surface area contributed by atoms with E-state index in [1.807, 2.05) is 44.2 Å². The minimum absolute atomic E-state index is 0.0327. The highest BCUT2D eigenvalue weighted by molar-refractivity contribution is 9.10. The lowest BCUT2D eigenvalue weighted by Crippen LogP contribution is -2.05. The van der Waals surface area contributed by atoms with Gasteiger partial charge in [0.05, 0.1) is 7.11 Å². The molecule has 1 unspecified atom stereocenters. The van der Waals surface area contributed by atoms with Crippen molar-refractivity contribution in [2.75, 3.05) is 7.11 Å². The predicted octanol–water partition coefficient (Wildman–Crippen LogP) is 4.36. The van der Waals surface area contributed by atoms with E-state index in [9.17, 15) is 0 Å². The van der Waals surface area contributed by atoms with Gasteiger partial charge in [0.25, 0.3) is 0 Å². The van der Waals surface area contributed by atoms with Crippen molar-refractivity contribution in [1.82, 2.24) is 0 Å². The summed E-state index contributed by atoms with van der Waals surface area (Å²) in [7, 11) is 1.66. The number of ether oxygens (including phenoxy) is 2. The average molecular weight is 350 g/mol. The van der Waals surface area contributed by atoms with Crippen LogP contribution in [-0.4, -0.2) is 7.11 Å². The van der Waals surface area contributed by atoms with Crippen LogP contribution < -0.4 is 15.2 Å². The summed E-state index contributed by atoms with van der Waals surface area (Å²) in [6, 6.07) is 11.9. The molecule has 2 aromatic carbocycles. The van der Waals surface area contributed by atoms with Crippen LogP contribution in [-0.2, 0) is 6.61 Å². The molecule has 0 bridgehead atoms. The molecule has 0 radical (unpaired) electrons. The molecule has 0 fully saturated rings. The standard InChI is InChI=1S/C17H20BrNO2/c1-11-8-13(12(2)19)4-7-17(11)21-10-14-9-15(20-3)5-6-16(14)18/h4-9,12H,10,19H2,1-3H3. The Balaban J connectivity index is 2.13. The van der Waals surface area contributed by atoms with Crippen molar-refractivity contribution in [3.63, 3.8) is 0 Å². The topological polar surface area (TPSA) is 44.5 Å². The number of hydrogen-bond acceptors (Lipinski definition) is 3. The number of rotatable bonds is 5. The Hall–Kier alpha value is -1.52. The van der Waals surface area contributed by atoms with Gasteiger partial charge in [-0.05, 0) is 49.2 Å². The third-order valence-electron chi connectivity index (χ3n) is 3.36. The molecule has 0 aliphatic heterocycles. The van der Waals surface area contributed by atoms with Gasteiger partial charge < -0.3 is 15.2 Å². The van der Waals surface area contributed by atoms with Crippen LogP contribution in [0.15, 0.2) is 40.9 Å². The van der Waals surface area contributed by atoms with Crippen molar-refractivity contribution in [3.8, 4) is 11.5 Å². The summed E-state index contributed by atoms with van der Waals surface area (Å²) in [6.45, 7) is 4.49. The molecular weight excluding hydrogens is 330 g/mol. The van der Waals surface area contributed by atoms with E-state index in [4.69, 9.17) is 15.2 Å². The second kappa shape index (κ2) is 6.96. The summed E-state index contributed by atoms with van der Waals surface area (Å²) in [4.78, 5) is 0. The van der Waals surface area contributed by atoms with Crippen molar-refractivity contribution < 1.29 is 9.47 Å². The Morgan fingerprint density at radius 3 is 2.57 bits per heavy atom. The summed E-state index contributed by atoms with van der Waals surface area (Å²) in [5.74, 6) is 1.69. The van der Waals surface area contributed by atoms with Crippen LogP contribution >= 0.6 is 15.9 Å². The summed E-state index contributed by atoms with van der Waals surface area (Å²) in [5.41, 5.74) is 9.14. The molecule has 0 spiro atoms. The third-order valence-corrected chi connectivity index (χ3v) is 4.13. The molecule has 0 aliphatic carbocycles. The number of halogens is 1. The second-order valence-electron chi connectivity index (χ2n) is 5.06. The van der Waals surface area contributed by atoms with Gasteiger partial charge in [-0.3, -0.25) is 0 Å². The molecule has 0 amide bonds. The number of hydrogen-bond donors (Lipinski definition) is 1. The van der Waals surface area contributed by atoms with Crippen LogP contribution in [0.4, 0.5) is 0 Å². The summed E-state index contributed by atoms with van der Waals surface area (Å²) < 4.78 is 12.2. The fourth-order valence-electron chi connectivity index (χ4n) is 2.06. The highest BCUT2D eigenvalue weighted by atomic mass is 79.9. The van der Waals surface area contributed by atoms with Crippen molar-refractivity contribution in [2.24, 2.45) is 5.73 Å². The zero-order chi connectivity index (χ0) is 15.4. The Morgan fingerprint density at radius 1 is 1.19 bits per heavy atom. The van der Waals surface area contributed by atoms with Gasteiger partial charge in [0.2, 0.25) is 0 Å². The van der Waals surface area contributed by atoms with Gasteiger partial charge in [0.1, 0.15) is 18.1 Å². The van der Waals surface area contributed by atoms with Gasteiger partial charge in [0.15, 0.2) is 0 Å². The minimum atomic E-state index is 0.0327. The van der Waals surface area contributed by atoms with Crippen LogP contribution in [0.2, 0.25) is 0 Å². The molecule has 21 heavy (non-hydrogen) atoms. The Labute approximate surface area is 134 Å². The Morgan fingerprint density at radius 2 is 1.95 bits per heavy atom. The molecule has 1 atom stereocenters. The molecule has 2 rings (SSSR count). The molecule has 0 saturated heterocycles. The molecule has 0 aromatic heterocycles. The van der Waals surface area contributed by atoms with Crippen LogP contribution in [0.3, 0.4) is 0 Å². The van der Waals surface area contributed by atoms with E-state index in [-0.39, 0.29) is 6.04 Å². The minimum Gasteiger partial charge on any atom is -0.497 e. The summed E-state index contributed by atoms with van der Waals surface area (Å²) in [6.07, 6.45) is 0. The fraction of sp³-hybridized carbons (Fsp3) is 0.294. The molecule has 112 valence electrons. The van der Waals surface area contributed by atoms with Crippen LogP contribution in [0.5, 0.6) is 11.5 Å². The van der Waals surface area contributed by atoms with E-state index in [2.05, 4.69) is 22.0 Å². The second-order valence-corrected chi connectivity index (χ2v) is 5.91. The predicted molar refractivity (Wildman–Crippen MR) is 88.8 cm³/mol. The lowest BCUT2D eigenvalue weighted by Gasteiger charge is -2.13. The SMILES string of the molecule is COc1ccc(Br)c(COc2ccc(C(C)N)cc2C)c1. The van der Waals surface area contributed by atoms with E-state index < -0.39 is 0 Å². The quantitative estimate of drug-likeness (QED) is 0.871. The van der Waals surface area contributed by atoms with Crippen LogP contribution in [0.25, 0.3) is 0 Å². The monoisotopic (exact) mass is 349 g/mol. The van der Waals surface area contributed by atoms with Crippen molar-refractivity contribution in [3.05, 3.63) is 57.6 Å². The molecule has 0 heterocycles. The van der Waals surface area contributed by atoms with Gasteiger partial charge in [0, 0.05) is 16.1 Å². The molecule has 0 aliphatic rings. The normalized spacial score (nSPS) is 12.0. The lowest BCUT2D eigenvalue weighted by molar-refractivity contribution is 0.302. The maximum absolute atomic E-state index is 5.91. The summed E-state index contributed by atoms with van der Waals surface area (Å²) >= 11 is 3.53. The van der Waals surface area contributed by atoms with Crippen LogP contribution in [0, 0.1) is 6.92 Å². The largest absolute Gasteiger partial charge is 0.497 e. The third kappa shape index (κ3) is 3.99. The van der Waals surface area contributed by atoms with Gasteiger partial charge in [-0.1, -0.05) is 28.1 Å². The van der Waals surface area contributed by atoms with Crippen LogP contribution in [0.1, 0.15) is 29.7 Å². The lowest BCUT2D eigenvalue weighted by atomic mass is 10.1. The number of methoxy groups -OCH3 is 1. The molecule has 4 heteroatoms. The van der Waals surface area contributed by atoms with Gasteiger partial charge in [-0.15, -0.1) is 0 Å². The fourth-order valence-corrected chi connectivity index (χ4v) is 2.42. The zero-order valence-corrected chi connectivity index (χ0v) is 14.1. The Bertz CT molecular complexity index is 626. The number of nitrogens with two attached hydrogens (primary N) is 1. The Kier molecular flexibility index (Phi) is 5.26. The highest BCUT2D eigenvalue weighted by Gasteiger charge is 2.07. The van der Waals surface area contributed by atoms with E-state index in [0.717, 1.165) is 32.7 Å². The number of aryl methyl sites for hydroxylation is 1. The molecule has 3 nitrogen and oxygen atoms in total. The first-order chi connectivity index (χ1) is 10.0. The molecular formula is C17H20BrNO2. The van der Waals surface area contributed by atoms with Gasteiger partial charge in [-0.2, -0.15) is 0 Å². The zero-order valence-electron chi connectivity index (χ0n) is 12.5. The van der Waals surface area contributed by atoms with E-state index in [1.165, 1.54) is 0 Å². The smallest absolute Gasteiger partial charge is 0.122 e. The first kappa shape index (κ1) is 15.9. The van der Waals surface area contributed by atoms with Crippen molar-refractivity contribution >= 4 is 15.9 Å². The average Bonchev–Trinajstić information content (AvgIpc) is 2.47. The number of benzene rings is 2. The van der Waals surface area contributed by atoms with E-state index >= 15 is 0 Å². The van der Waals surface area contributed by atoms with E-state index in [1.54, 1.807) is 7.11 Å². The van der Waals surface area contributed by atoms with Gasteiger partial charge in [-0.25, -0.2) is 0 Å². The molecule has 2 aromatic rings. The highest BCUT2D eigenvalue weighted by Crippen LogP contribution is 2.26. The maximum atomic E-state index is 5.91.